The molecule has 28 heavy (non-hydrogen) atoms. The Bertz CT molecular complexity index is 795. The number of alkyl carbamates (subject to hydrolysis) is 1. The molecule has 0 spiro atoms. The average Bonchev–Trinajstić information content (AvgIpc) is 3.08. The van der Waals surface area contributed by atoms with E-state index in [9.17, 15) is 9.59 Å². The number of carbonyl (C=O) groups excluding carboxylic acids is 2. The summed E-state index contributed by atoms with van der Waals surface area (Å²) >= 11 is 0. The molecule has 1 heterocycles. The monoisotopic (exact) mass is 390 g/mol. The summed E-state index contributed by atoms with van der Waals surface area (Å²) in [6.45, 7) is 5.36. The van der Waals surface area contributed by atoms with Crippen molar-refractivity contribution in [1.82, 2.24) is 20.5 Å². The molecule has 0 aliphatic rings. The predicted molar refractivity (Wildman–Crippen MR) is 101 cm³/mol. The summed E-state index contributed by atoms with van der Waals surface area (Å²) in [5.41, 5.74) is 0.319. The quantitative estimate of drug-likeness (QED) is 0.697. The number of ether oxygens (including phenoxy) is 3. The number of hydrogen-bond acceptors (Lipinski definition) is 7. The Labute approximate surface area is 163 Å². The van der Waals surface area contributed by atoms with Crippen molar-refractivity contribution in [3.63, 3.8) is 0 Å². The van der Waals surface area contributed by atoms with E-state index in [0.29, 0.717) is 12.2 Å². The maximum absolute atomic E-state index is 12.3. The number of rotatable bonds is 7. The minimum absolute atomic E-state index is 0.0608. The van der Waals surface area contributed by atoms with Crippen LogP contribution in [0.15, 0.2) is 24.3 Å². The van der Waals surface area contributed by atoms with Gasteiger partial charge in [-0.2, -0.15) is 5.10 Å². The first-order chi connectivity index (χ1) is 13.2. The lowest BCUT2D eigenvalue weighted by Gasteiger charge is -2.22. The minimum Gasteiger partial charge on any atom is -0.497 e. The van der Waals surface area contributed by atoms with Crippen molar-refractivity contribution in [1.29, 1.82) is 0 Å². The van der Waals surface area contributed by atoms with Gasteiger partial charge in [0, 0.05) is 6.42 Å². The van der Waals surface area contributed by atoms with E-state index >= 15 is 0 Å². The van der Waals surface area contributed by atoms with E-state index in [1.807, 2.05) is 24.3 Å². The Kier molecular flexibility index (Phi) is 6.97. The number of nitrogens with zero attached hydrogens (tertiary/aromatic N) is 2. The van der Waals surface area contributed by atoms with Crippen molar-refractivity contribution in [3.8, 4) is 5.75 Å². The number of benzene rings is 1. The fraction of sp³-hybridized carbons (Fsp3) is 0.474. The standard InChI is InChI=1S/C19H26N4O5/c1-19(2,3)28-18(25)20-14(10-12-6-8-13(26-4)9-7-12)17-21-15(22-23-17)11-16(24)27-5/h6-9,14H,10-11H2,1-5H3,(H,20,25)(H,21,22,23)/t14-/m0/s1. The number of aromatic nitrogens is 3. The van der Waals surface area contributed by atoms with Gasteiger partial charge in [-0.15, -0.1) is 0 Å². The van der Waals surface area contributed by atoms with E-state index in [4.69, 9.17) is 9.47 Å². The number of methoxy groups -OCH3 is 2. The van der Waals surface area contributed by atoms with E-state index in [-0.39, 0.29) is 12.2 Å². The van der Waals surface area contributed by atoms with Crippen molar-refractivity contribution in [2.24, 2.45) is 0 Å². The fourth-order valence-electron chi connectivity index (χ4n) is 2.41. The van der Waals surface area contributed by atoms with Gasteiger partial charge in [0.25, 0.3) is 0 Å². The number of H-pyrrole nitrogens is 1. The summed E-state index contributed by atoms with van der Waals surface area (Å²) in [6, 6.07) is 6.94. The third-order valence-electron chi connectivity index (χ3n) is 3.70. The molecule has 2 rings (SSSR count). The van der Waals surface area contributed by atoms with Gasteiger partial charge in [-0.05, 0) is 38.5 Å². The lowest BCUT2D eigenvalue weighted by atomic mass is 10.1. The van der Waals surface area contributed by atoms with Crippen LogP contribution in [0, 0.1) is 0 Å². The van der Waals surface area contributed by atoms with E-state index in [1.54, 1.807) is 27.9 Å². The number of esters is 1. The summed E-state index contributed by atoms with van der Waals surface area (Å²) in [5, 5.41) is 9.61. The van der Waals surface area contributed by atoms with Crippen LogP contribution < -0.4 is 10.1 Å². The zero-order chi connectivity index (χ0) is 20.7. The molecule has 1 aromatic carbocycles. The Morgan fingerprint density at radius 3 is 2.43 bits per heavy atom. The van der Waals surface area contributed by atoms with E-state index in [0.717, 1.165) is 11.3 Å². The first-order valence-electron chi connectivity index (χ1n) is 8.80. The molecule has 1 aromatic heterocycles. The van der Waals surface area contributed by atoms with Crippen LogP contribution in [0.25, 0.3) is 0 Å². The lowest BCUT2D eigenvalue weighted by molar-refractivity contribution is -0.139. The van der Waals surface area contributed by atoms with Gasteiger partial charge in [0.15, 0.2) is 5.82 Å². The number of nitrogens with one attached hydrogen (secondary N) is 2. The van der Waals surface area contributed by atoms with Crippen LogP contribution in [-0.4, -0.2) is 47.1 Å². The maximum atomic E-state index is 12.3. The number of amides is 1. The predicted octanol–water partition coefficient (Wildman–Crippen LogP) is 2.34. The molecular formula is C19H26N4O5. The zero-order valence-corrected chi connectivity index (χ0v) is 16.7. The van der Waals surface area contributed by atoms with Crippen molar-refractivity contribution < 1.29 is 23.8 Å². The third-order valence-corrected chi connectivity index (χ3v) is 3.70. The first-order valence-corrected chi connectivity index (χ1v) is 8.80. The van der Waals surface area contributed by atoms with Gasteiger partial charge < -0.3 is 19.5 Å². The Balaban J connectivity index is 2.19. The smallest absolute Gasteiger partial charge is 0.408 e. The van der Waals surface area contributed by atoms with Gasteiger partial charge in [0.05, 0.1) is 20.3 Å². The number of hydrogen-bond donors (Lipinski definition) is 2. The van der Waals surface area contributed by atoms with Gasteiger partial charge in [-0.1, -0.05) is 12.1 Å². The molecule has 0 aliphatic carbocycles. The molecule has 0 saturated carbocycles. The van der Waals surface area contributed by atoms with Crippen LogP contribution in [0.4, 0.5) is 4.79 Å². The lowest BCUT2D eigenvalue weighted by Crippen LogP contribution is -2.36. The molecule has 9 heteroatoms. The van der Waals surface area contributed by atoms with Gasteiger partial charge in [-0.3, -0.25) is 9.89 Å². The molecule has 0 bridgehead atoms. The van der Waals surface area contributed by atoms with Crippen LogP contribution in [0.1, 0.15) is 44.0 Å². The van der Waals surface area contributed by atoms with Gasteiger partial charge in [-0.25, -0.2) is 9.78 Å². The average molecular weight is 390 g/mol. The topological polar surface area (TPSA) is 115 Å². The van der Waals surface area contributed by atoms with Crippen LogP contribution in [0.5, 0.6) is 5.75 Å². The van der Waals surface area contributed by atoms with Crippen LogP contribution in [-0.2, 0) is 27.1 Å². The maximum Gasteiger partial charge on any atom is 0.408 e. The first kappa shape index (κ1) is 21.2. The molecule has 0 radical (unpaired) electrons. The summed E-state index contributed by atoms with van der Waals surface area (Å²) < 4.78 is 15.1. The molecule has 0 unspecified atom stereocenters. The van der Waals surface area contributed by atoms with Crippen molar-refractivity contribution >= 4 is 12.1 Å². The largest absolute Gasteiger partial charge is 0.497 e. The zero-order valence-electron chi connectivity index (χ0n) is 16.7. The Morgan fingerprint density at radius 2 is 1.86 bits per heavy atom. The molecule has 2 N–H and O–H groups in total. The van der Waals surface area contributed by atoms with E-state index < -0.39 is 23.7 Å². The highest BCUT2D eigenvalue weighted by atomic mass is 16.6. The second kappa shape index (κ2) is 9.20. The molecule has 1 amide bonds. The summed E-state index contributed by atoms with van der Waals surface area (Å²) in [7, 11) is 2.89. The molecular weight excluding hydrogens is 364 g/mol. The molecule has 1 atom stereocenters. The minimum atomic E-state index is -0.633. The molecule has 0 aliphatic heterocycles. The van der Waals surface area contributed by atoms with Gasteiger partial charge in [0.1, 0.15) is 23.6 Å². The van der Waals surface area contributed by atoms with E-state index in [2.05, 4.69) is 25.2 Å². The van der Waals surface area contributed by atoms with Crippen molar-refractivity contribution in [3.05, 3.63) is 41.5 Å². The van der Waals surface area contributed by atoms with Crippen molar-refractivity contribution in [2.45, 2.75) is 45.3 Å². The fourth-order valence-corrected chi connectivity index (χ4v) is 2.41. The normalized spacial score (nSPS) is 12.2. The second-order valence-corrected chi connectivity index (χ2v) is 7.14. The molecule has 152 valence electrons. The highest BCUT2D eigenvalue weighted by Gasteiger charge is 2.24. The number of aromatic amines is 1. The van der Waals surface area contributed by atoms with Crippen LogP contribution in [0.3, 0.4) is 0 Å². The molecule has 2 aromatic rings. The SMILES string of the molecule is COC(=O)Cc1n[nH]c([C@H](Cc2ccc(OC)cc2)NC(=O)OC(C)(C)C)n1. The summed E-state index contributed by atoms with van der Waals surface area (Å²) in [6.07, 6.45) is -0.193. The third kappa shape index (κ3) is 6.57. The number of carbonyl (C=O) groups is 2. The highest BCUT2D eigenvalue weighted by Crippen LogP contribution is 2.19. The van der Waals surface area contributed by atoms with E-state index in [1.165, 1.54) is 7.11 Å². The summed E-state index contributed by atoms with van der Waals surface area (Å²) in [4.78, 5) is 28.0. The molecule has 0 saturated heterocycles. The van der Waals surface area contributed by atoms with Gasteiger partial charge in [0.2, 0.25) is 0 Å². The summed E-state index contributed by atoms with van der Waals surface area (Å²) in [5.74, 6) is 0.992. The molecule has 0 fully saturated rings. The Hall–Kier alpha value is -3.10. The molecule has 9 nitrogen and oxygen atoms in total. The van der Waals surface area contributed by atoms with Gasteiger partial charge >= 0.3 is 12.1 Å². The second-order valence-electron chi connectivity index (χ2n) is 7.14. The van der Waals surface area contributed by atoms with Crippen LogP contribution in [0.2, 0.25) is 0 Å². The van der Waals surface area contributed by atoms with Crippen molar-refractivity contribution in [2.75, 3.05) is 14.2 Å². The Morgan fingerprint density at radius 1 is 1.18 bits per heavy atom. The highest BCUT2D eigenvalue weighted by molar-refractivity contribution is 5.71. The van der Waals surface area contributed by atoms with Crippen LogP contribution >= 0.6 is 0 Å².